The van der Waals surface area contributed by atoms with Crippen LogP contribution in [-0.2, 0) is 9.53 Å². The number of urea groups is 1. The molecule has 0 radical (unpaired) electrons. The summed E-state index contributed by atoms with van der Waals surface area (Å²) < 4.78 is 32.1. The van der Waals surface area contributed by atoms with Crippen molar-refractivity contribution in [1.29, 1.82) is 0 Å². The highest BCUT2D eigenvalue weighted by Crippen LogP contribution is 2.43. The molecule has 2 aliphatic rings. The van der Waals surface area contributed by atoms with Crippen molar-refractivity contribution in [2.75, 3.05) is 7.11 Å². The SMILES string of the molecule is COC(=O)[C@H]1CC[C@@H](NC(=O)N[C@@H]2C[C@H]2c2c(F)cccc2F)C1. The van der Waals surface area contributed by atoms with Gasteiger partial charge < -0.3 is 15.4 Å². The molecule has 0 aliphatic heterocycles. The molecule has 2 fully saturated rings. The minimum absolute atomic E-state index is 0.0365. The lowest BCUT2D eigenvalue weighted by Gasteiger charge is -2.14. The number of carbonyl (C=O) groups is 2. The second-order valence-electron chi connectivity index (χ2n) is 6.43. The summed E-state index contributed by atoms with van der Waals surface area (Å²) in [5.41, 5.74) is 0.0365. The third-order valence-electron chi connectivity index (χ3n) is 4.78. The van der Waals surface area contributed by atoms with Crippen LogP contribution < -0.4 is 10.6 Å². The molecule has 2 aliphatic carbocycles. The van der Waals surface area contributed by atoms with Gasteiger partial charge in [-0.1, -0.05) is 6.07 Å². The van der Waals surface area contributed by atoms with E-state index < -0.39 is 11.6 Å². The lowest BCUT2D eigenvalue weighted by atomic mass is 10.1. The van der Waals surface area contributed by atoms with Crippen LogP contribution in [0.5, 0.6) is 0 Å². The number of halogens is 2. The van der Waals surface area contributed by atoms with Gasteiger partial charge in [0.1, 0.15) is 11.6 Å². The highest BCUT2D eigenvalue weighted by Gasteiger charge is 2.43. The molecule has 0 spiro atoms. The zero-order valence-electron chi connectivity index (χ0n) is 13.4. The largest absolute Gasteiger partial charge is 0.469 e. The minimum Gasteiger partial charge on any atom is -0.469 e. The van der Waals surface area contributed by atoms with Gasteiger partial charge in [-0.15, -0.1) is 0 Å². The predicted molar refractivity (Wildman–Crippen MR) is 82.3 cm³/mol. The fourth-order valence-electron chi connectivity index (χ4n) is 3.43. The van der Waals surface area contributed by atoms with E-state index in [1.807, 2.05) is 0 Å². The Morgan fingerprint density at radius 1 is 1.12 bits per heavy atom. The van der Waals surface area contributed by atoms with E-state index in [1.165, 1.54) is 25.3 Å². The van der Waals surface area contributed by atoms with E-state index in [9.17, 15) is 18.4 Å². The van der Waals surface area contributed by atoms with Gasteiger partial charge in [-0.3, -0.25) is 4.79 Å². The number of esters is 1. The monoisotopic (exact) mass is 338 g/mol. The van der Waals surface area contributed by atoms with Crippen molar-refractivity contribution in [1.82, 2.24) is 10.6 Å². The maximum Gasteiger partial charge on any atom is 0.315 e. The van der Waals surface area contributed by atoms with Gasteiger partial charge in [-0.05, 0) is 37.8 Å². The third kappa shape index (κ3) is 3.49. The normalized spacial score (nSPS) is 28.3. The quantitative estimate of drug-likeness (QED) is 0.829. The first-order valence-electron chi connectivity index (χ1n) is 8.08. The topological polar surface area (TPSA) is 67.4 Å². The maximum absolute atomic E-state index is 13.7. The maximum atomic E-state index is 13.7. The van der Waals surface area contributed by atoms with Gasteiger partial charge in [-0.25, -0.2) is 13.6 Å². The first kappa shape index (κ1) is 16.7. The van der Waals surface area contributed by atoms with Crippen molar-refractivity contribution in [3.05, 3.63) is 35.4 Å². The molecule has 0 saturated heterocycles. The van der Waals surface area contributed by atoms with Crippen LogP contribution in [0.25, 0.3) is 0 Å². The van der Waals surface area contributed by atoms with Crippen LogP contribution in [0.3, 0.4) is 0 Å². The van der Waals surface area contributed by atoms with Crippen LogP contribution >= 0.6 is 0 Å². The molecule has 24 heavy (non-hydrogen) atoms. The Bertz CT molecular complexity index is 632. The molecule has 1 aromatic carbocycles. The fraction of sp³-hybridized carbons (Fsp3) is 0.529. The van der Waals surface area contributed by atoms with E-state index in [2.05, 4.69) is 10.6 Å². The predicted octanol–water partition coefficient (Wildman–Crippen LogP) is 2.46. The number of amides is 2. The molecule has 0 unspecified atom stereocenters. The number of benzene rings is 1. The second-order valence-corrected chi connectivity index (χ2v) is 6.43. The summed E-state index contributed by atoms with van der Waals surface area (Å²) >= 11 is 0. The van der Waals surface area contributed by atoms with Crippen LogP contribution in [-0.4, -0.2) is 31.2 Å². The Balaban J connectivity index is 1.48. The van der Waals surface area contributed by atoms with Gasteiger partial charge >= 0.3 is 12.0 Å². The lowest BCUT2D eigenvalue weighted by Crippen LogP contribution is -2.42. The van der Waals surface area contributed by atoms with Crippen molar-refractivity contribution in [2.45, 2.75) is 43.7 Å². The molecule has 1 aromatic rings. The van der Waals surface area contributed by atoms with Crippen LogP contribution in [0.2, 0.25) is 0 Å². The van der Waals surface area contributed by atoms with Crippen LogP contribution in [0.4, 0.5) is 13.6 Å². The van der Waals surface area contributed by atoms with E-state index >= 15 is 0 Å². The molecular weight excluding hydrogens is 318 g/mol. The number of nitrogens with one attached hydrogen (secondary N) is 2. The Morgan fingerprint density at radius 3 is 2.50 bits per heavy atom. The van der Waals surface area contributed by atoms with Crippen molar-refractivity contribution in [2.24, 2.45) is 5.92 Å². The summed E-state index contributed by atoms with van der Waals surface area (Å²) in [6.07, 6.45) is 2.46. The molecule has 5 nitrogen and oxygen atoms in total. The number of rotatable bonds is 4. The molecule has 0 heterocycles. The Kier molecular flexibility index (Phi) is 4.69. The number of carbonyl (C=O) groups excluding carboxylic acids is 2. The van der Waals surface area contributed by atoms with E-state index in [-0.39, 0.29) is 41.5 Å². The summed E-state index contributed by atoms with van der Waals surface area (Å²) in [4.78, 5) is 23.5. The Morgan fingerprint density at radius 2 is 1.83 bits per heavy atom. The summed E-state index contributed by atoms with van der Waals surface area (Å²) in [5, 5.41) is 5.56. The number of hydrogen-bond donors (Lipinski definition) is 2. The highest BCUT2D eigenvalue weighted by atomic mass is 19.1. The van der Waals surface area contributed by atoms with E-state index in [1.54, 1.807) is 0 Å². The second kappa shape index (κ2) is 6.75. The van der Waals surface area contributed by atoms with Gasteiger partial charge in [-0.2, -0.15) is 0 Å². The molecule has 130 valence electrons. The van der Waals surface area contributed by atoms with Crippen molar-refractivity contribution < 1.29 is 23.1 Å². The zero-order valence-corrected chi connectivity index (χ0v) is 13.4. The molecule has 2 saturated carbocycles. The molecule has 7 heteroatoms. The molecule has 4 atom stereocenters. The van der Waals surface area contributed by atoms with E-state index in [0.29, 0.717) is 25.7 Å². The summed E-state index contributed by atoms with van der Waals surface area (Å²) in [6.45, 7) is 0. The van der Waals surface area contributed by atoms with Crippen LogP contribution in [0, 0.1) is 17.6 Å². The van der Waals surface area contributed by atoms with Crippen LogP contribution in [0.1, 0.15) is 37.2 Å². The first-order valence-corrected chi connectivity index (χ1v) is 8.08. The van der Waals surface area contributed by atoms with Crippen molar-refractivity contribution >= 4 is 12.0 Å². The zero-order chi connectivity index (χ0) is 17.3. The molecule has 0 bridgehead atoms. The van der Waals surface area contributed by atoms with Crippen molar-refractivity contribution in [3.8, 4) is 0 Å². The molecule has 2 amide bonds. The smallest absolute Gasteiger partial charge is 0.315 e. The Hall–Kier alpha value is -2.18. The van der Waals surface area contributed by atoms with Gasteiger partial charge in [0.15, 0.2) is 0 Å². The molecule has 2 N–H and O–H groups in total. The average molecular weight is 338 g/mol. The lowest BCUT2D eigenvalue weighted by molar-refractivity contribution is -0.145. The summed E-state index contributed by atoms with van der Waals surface area (Å²) in [7, 11) is 1.35. The Labute approximate surface area is 138 Å². The standard InChI is InChI=1S/C17H20F2N2O3/c1-24-16(22)9-5-6-10(7-9)20-17(23)21-14-8-11(14)15-12(18)3-2-4-13(15)19/h2-4,9-11,14H,5-8H2,1H3,(H2,20,21,23)/t9-,10+,11+,14+/m0/s1. The number of hydrogen-bond acceptors (Lipinski definition) is 3. The van der Waals surface area contributed by atoms with Gasteiger partial charge in [0.25, 0.3) is 0 Å². The van der Waals surface area contributed by atoms with Gasteiger partial charge in [0.2, 0.25) is 0 Å². The highest BCUT2D eigenvalue weighted by molar-refractivity contribution is 5.76. The van der Waals surface area contributed by atoms with Gasteiger partial charge in [0.05, 0.1) is 13.0 Å². The van der Waals surface area contributed by atoms with Crippen molar-refractivity contribution in [3.63, 3.8) is 0 Å². The van der Waals surface area contributed by atoms with E-state index in [4.69, 9.17) is 4.74 Å². The number of ether oxygens (including phenoxy) is 1. The third-order valence-corrected chi connectivity index (χ3v) is 4.78. The fourth-order valence-corrected chi connectivity index (χ4v) is 3.43. The van der Waals surface area contributed by atoms with Gasteiger partial charge in [0, 0.05) is 23.6 Å². The summed E-state index contributed by atoms with van der Waals surface area (Å²) in [5.74, 6) is -1.93. The van der Waals surface area contributed by atoms with E-state index in [0.717, 1.165) is 0 Å². The molecular formula is C17H20F2N2O3. The summed E-state index contributed by atoms with van der Waals surface area (Å²) in [6, 6.07) is 3.04. The first-order chi connectivity index (χ1) is 11.5. The number of methoxy groups -OCH3 is 1. The molecule has 0 aromatic heterocycles. The molecule has 3 rings (SSSR count). The average Bonchev–Trinajstić information content (AvgIpc) is 3.11. The van der Waals surface area contributed by atoms with Crippen LogP contribution in [0.15, 0.2) is 18.2 Å². The minimum atomic E-state index is -0.582.